The maximum Gasteiger partial charge on any atom is 0.341 e. The Balaban J connectivity index is 1.65. The van der Waals surface area contributed by atoms with Crippen molar-refractivity contribution >= 4 is 61.3 Å². The third-order valence-electron chi connectivity index (χ3n) is 4.70. The molecule has 0 aliphatic carbocycles. The van der Waals surface area contributed by atoms with Crippen LogP contribution in [0.3, 0.4) is 0 Å². The van der Waals surface area contributed by atoms with E-state index in [0.29, 0.717) is 26.3 Å². The number of pyridine rings is 1. The number of unbranched alkanes of at least 4 members (excludes halogenated alkanes) is 1. The second kappa shape index (κ2) is 8.80. The smallest absolute Gasteiger partial charge is 0.341 e. The Labute approximate surface area is 190 Å². The van der Waals surface area contributed by atoms with Gasteiger partial charge in [0.2, 0.25) is 6.23 Å². The van der Waals surface area contributed by atoms with Gasteiger partial charge in [0.1, 0.15) is 5.82 Å². The SMILES string of the molecule is CCCCN1CC(OC(=O)c2ccncc2I)N(c2nc3cc(F)ccc3s2)C1=O. The van der Waals surface area contributed by atoms with Gasteiger partial charge in [-0.3, -0.25) is 4.98 Å². The highest BCUT2D eigenvalue weighted by atomic mass is 127. The fourth-order valence-corrected chi connectivity index (χ4v) is 4.71. The molecule has 1 saturated heterocycles. The molecular formula is C20H18FIN4O3S. The zero-order valence-electron chi connectivity index (χ0n) is 16.0. The second-order valence-electron chi connectivity index (χ2n) is 6.78. The maximum atomic E-state index is 13.6. The molecule has 0 bridgehead atoms. The topological polar surface area (TPSA) is 75.6 Å². The molecule has 2 amide bonds. The summed E-state index contributed by atoms with van der Waals surface area (Å²) in [7, 11) is 0. The lowest BCUT2D eigenvalue weighted by Gasteiger charge is -2.20. The Morgan fingerprint density at radius 3 is 3.00 bits per heavy atom. The average Bonchev–Trinajstić information content (AvgIpc) is 3.26. The van der Waals surface area contributed by atoms with Crippen molar-refractivity contribution < 1.29 is 18.7 Å². The minimum atomic E-state index is -0.823. The van der Waals surface area contributed by atoms with Crippen LogP contribution in [-0.4, -0.2) is 46.2 Å². The zero-order valence-corrected chi connectivity index (χ0v) is 19.0. The van der Waals surface area contributed by atoms with Gasteiger partial charge in [-0.25, -0.2) is 23.9 Å². The van der Waals surface area contributed by atoms with Crippen LogP contribution in [0.15, 0.2) is 36.7 Å². The molecule has 30 heavy (non-hydrogen) atoms. The number of halogens is 2. The van der Waals surface area contributed by atoms with Crippen LogP contribution in [0.25, 0.3) is 10.2 Å². The Hall–Kier alpha value is -2.34. The van der Waals surface area contributed by atoms with E-state index in [-0.39, 0.29) is 12.6 Å². The van der Waals surface area contributed by atoms with Crippen LogP contribution < -0.4 is 4.90 Å². The number of fused-ring (bicyclic) bond motifs is 1. The van der Waals surface area contributed by atoms with Crippen molar-refractivity contribution in [3.05, 3.63) is 51.6 Å². The number of thiazole rings is 1. The molecule has 1 unspecified atom stereocenters. The van der Waals surface area contributed by atoms with Crippen molar-refractivity contribution in [1.29, 1.82) is 0 Å². The van der Waals surface area contributed by atoms with Crippen LogP contribution in [0.2, 0.25) is 0 Å². The molecule has 0 N–H and O–H groups in total. The predicted octanol–water partition coefficient (Wildman–Crippen LogP) is 4.66. The summed E-state index contributed by atoms with van der Waals surface area (Å²) in [6, 6.07) is 5.62. The van der Waals surface area contributed by atoms with Crippen molar-refractivity contribution in [2.24, 2.45) is 0 Å². The minimum Gasteiger partial charge on any atom is -0.435 e. The highest BCUT2D eigenvalue weighted by Gasteiger charge is 2.42. The van der Waals surface area contributed by atoms with Crippen molar-refractivity contribution in [1.82, 2.24) is 14.9 Å². The van der Waals surface area contributed by atoms with E-state index in [9.17, 15) is 14.0 Å². The first-order chi connectivity index (χ1) is 14.5. The van der Waals surface area contributed by atoms with Crippen LogP contribution in [0.4, 0.5) is 14.3 Å². The normalized spacial score (nSPS) is 16.5. The molecular weight excluding hydrogens is 522 g/mol. The highest BCUT2D eigenvalue weighted by Crippen LogP contribution is 2.34. The van der Waals surface area contributed by atoms with Crippen molar-refractivity contribution in [3.8, 4) is 0 Å². The highest BCUT2D eigenvalue weighted by molar-refractivity contribution is 14.1. The molecule has 1 atom stereocenters. The summed E-state index contributed by atoms with van der Waals surface area (Å²) in [4.78, 5) is 37.3. The molecule has 0 radical (unpaired) electrons. The molecule has 4 rings (SSSR count). The van der Waals surface area contributed by atoms with E-state index in [1.165, 1.54) is 34.6 Å². The van der Waals surface area contributed by atoms with Crippen LogP contribution in [0.1, 0.15) is 30.1 Å². The fourth-order valence-electron chi connectivity index (χ4n) is 3.17. The van der Waals surface area contributed by atoms with Gasteiger partial charge in [-0.1, -0.05) is 24.7 Å². The van der Waals surface area contributed by atoms with Gasteiger partial charge in [0.15, 0.2) is 5.13 Å². The van der Waals surface area contributed by atoms with Gasteiger partial charge in [0.05, 0.1) is 22.3 Å². The number of hydrogen-bond donors (Lipinski definition) is 0. The number of hydrogen-bond acceptors (Lipinski definition) is 6. The summed E-state index contributed by atoms with van der Waals surface area (Å²) < 4.78 is 20.7. The quantitative estimate of drug-likeness (QED) is 0.336. The molecule has 3 aromatic rings. The second-order valence-corrected chi connectivity index (χ2v) is 8.95. The van der Waals surface area contributed by atoms with Crippen LogP contribution in [0.5, 0.6) is 0 Å². The van der Waals surface area contributed by atoms with Gasteiger partial charge in [-0.2, -0.15) is 0 Å². The Morgan fingerprint density at radius 1 is 1.40 bits per heavy atom. The summed E-state index contributed by atoms with van der Waals surface area (Å²) in [6.07, 6.45) is 4.05. The predicted molar refractivity (Wildman–Crippen MR) is 120 cm³/mol. The first-order valence-electron chi connectivity index (χ1n) is 9.42. The lowest BCUT2D eigenvalue weighted by molar-refractivity contribution is 0.0324. The molecule has 3 heterocycles. The number of ether oxygens (including phenoxy) is 1. The first-order valence-corrected chi connectivity index (χ1v) is 11.3. The largest absolute Gasteiger partial charge is 0.435 e. The number of benzene rings is 1. The van der Waals surface area contributed by atoms with Gasteiger partial charge >= 0.3 is 12.0 Å². The molecule has 156 valence electrons. The fraction of sp³-hybridized carbons (Fsp3) is 0.300. The van der Waals surface area contributed by atoms with Crippen LogP contribution >= 0.6 is 33.9 Å². The Morgan fingerprint density at radius 2 is 2.23 bits per heavy atom. The number of rotatable bonds is 6. The summed E-state index contributed by atoms with van der Waals surface area (Å²) in [6.45, 7) is 2.85. The molecule has 1 aliphatic rings. The van der Waals surface area contributed by atoms with E-state index in [1.807, 2.05) is 29.5 Å². The lowest BCUT2D eigenvalue weighted by Crippen LogP contribution is -2.37. The van der Waals surface area contributed by atoms with E-state index < -0.39 is 18.0 Å². The number of anilines is 1. The van der Waals surface area contributed by atoms with Gasteiger partial charge in [-0.15, -0.1) is 0 Å². The van der Waals surface area contributed by atoms with Gasteiger partial charge < -0.3 is 9.64 Å². The number of carbonyl (C=O) groups is 2. The standard InChI is InChI=1S/C20H18FIN4O3S/c1-2-3-8-25-11-17(29-18(27)13-6-7-23-10-14(13)22)26(20(25)28)19-24-15-9-12(21)4-5-16(15)30-19/h4-7,9-10,17H,2-3,8,11H2,1H3. The van der Waals surface area contributed by atoms with E-state index in [2.05, 4.69) is 9.97 Å². The first kappa shape index (κ1) is 20.9. The van der Waals surface area contributed by atoms with E-state index >= 15 is 0 Å². The van der Waals surface area contributed by atoms with Gasteiger partial charge in [0.25, 0.3) is 0 Å². The van der Waals surface area contributed by atoms with E-state index in [1.54, 1.807) is 23.2 Å². The number of carbonyl (C=O) groups excluding carboxylic acids is 2. The van der Waals surface area contributed by atoms with Crippen LogP contribution in [0, 0.1) is 9.39 Å². The molecule has 1 aliphatic heterocycles. The Bertz CT molecular complexity index is 1110. The summed E-state index contributed by atoms with van der Waals surface area (Å²) in [5, 5.41) is 0.377. The molecule has 2 aromatic heterocycles. The van der Waals surface area contributed by atoms with Crippen molar-refractivity contribution in [3.63, 3.8) is 0 Å². The average molecular weight is 540 g/mol. The van der Waals surface area contributed by atoms with E-state index in [0.717, 1.165) is 17.5 Å². The van der Waals surface area contributed by atoms with Gasteiger partial charge in [-0.05, 0) is 47.2 Å². The molecule has 0 saturated carbocycles. The third-order valence-corrected chi connectivity index (χ3v) is 6.60. The number of esters is 1. The zero-order chi connectivity index (χ0) is 21.3. The van der Waals surface area contributed by atoms with Gasteiger partial charge in [0, 0.05) is 28.6 Å². The molecule has 7 nitrogen and oxygen atoms in total. The number of aromatic nitrogens is 2. The number of urea groups is 1. The summed E-state index contributed by atoms with van der Waals surface area (Å²) >= 11 is 3.28. The maximum absolute atomic E-state index is 13.6. The van der Waals surface area contributed by atoms with Crippen molar-refractivity contribution in [2.45, 2.75) is 26.0 Å². The number of nitrogens with zero attached hydrogens (tertiary/aromatic N) is 4. The molecule has 1 fully saturated rings. The monoisotopic (exact) mass is 540 g/mol. The minimum absolute atomic E-state index is 0.247. The third kappa shape index (κ3) is 4.10. The Kier molecular flexibility index (Phi) is 6.14. The van der Waals surface area contributed by atoms with Crippen molar-refractivity contribution in [2.75, 3.05) is 18.0 Å². The van der Waals surface area contributed by atoms with Crippen LogP contribution in [-0.2, 0) is 4.74 Å². The lowest BCUT2D eigenvalue weighted by atomic mass is 10.3. The molecule has 10 heteroatoms. The van der Waals surface area contributed by atoms with E-state index in [4.69, 9.17) is 4.74 Å². The number of amides is 2. The summed E-state index contributed by atoms with van der Waals surface area (Å²) in [5.74, 6) is -0.930. The molecule has 1 aromatic carbocycles. The molecule has 0 spiro atoms. The summed E-state index contributed by atoms with van der Waals surface area (Å²) in [5.41, 5.74) is 0.847.